The van der Waals surface area contributed by atoms with Crippen LogP contribution >= 0.6 is 0 Å². The molecule has 0 atom stereocenters. The molecule has 0 aliphatic heterocycles. The van der Waals surface area contributed by atoms with E-state index in [1.807, 2.05) is 6.07 Å². The summed E-state index contributed by atoms with van der Waals surface area (Å²) in [5.74, 6) is -0.878. The number of pyridine rings is 2. The molecule has 1 amide bonds. The lowest BCUT2D eigenvalue weighted by Gasteiger charge is -2.08. The van der Waals surface area contributed by atoms with E-state index in [4.69, 9.17) is 5.73 Å². The minimum atomic E-state index is -0.461. The van der Waals surface area contributed by atoms with E-state index >= 15 is 0 Å². The van der Waals surface area contributed by atoms with E-state index in [0.717, 1.165) is 11.8 Å². The Bertz CT molecular complexity index is 1110. The van der Waals surface area contributed by atoms with Crippen molar-refractivity contribution in [1.29, 1.82) is 0 Å². The molecule has 128 valence electrons. The SMILES string of the molecule is NC(=O)Cc1cnc2ccc(-c3cccnc3-c3ccc(F)cn3)nn12. The fourth-order valence-electron chi connectivity index (χ4n) is 2.70. The first-order chi connectivity index (χ1) is 12.6. The second kappa shape index (κ2) is 6.32. The molecular weight excluding hydrogens is 335 g/mol. The van der Waals surface area contributed by atoms with Gasteiger partial charge < -0.3 is 5.73 Å². The third-order valence-corrected chi connectivity index (χ3v) is 3.84. The summed E-state index contributed by atoms with van der Waals surface area (Å²) in [6.07, 6.45) is 4.39. The zero-order chi connectivity index (χ0) is 18.1. The molecule has 0 aromatic carbocycles. The normalized spacial score (nSPS) is 11.0. The fourth-order valence-corrected chi connectivity index (χ4v) is 2.70. The highest BCUT2D eigenvalue weighted by Crippen LogP contribution is 2.28. The number of amides is 1. The molecule has 4 heterocycles. The Morgan fingerprint density at radius 3 is 2.65 bits per heavy atom. The predicted molar refractivity (Wildman–Crippen MR) is 92.3 cm³/mol. The Morgan fingerprint density at radius 1 is 1.04 bits per heavy atom. The highest BCUT2D eigenvalue weighted by Gasteiger charge is 2.14. The van der Waals surface area contributed by atoms with E-state index in [-0.39, 0.29) is 6.42 Å². The molecule has 26 heavy (non-hydrogen) atoms. The van der Waals surface area contributed by atoms with Crippen molar-refractivity contribution >= 4 is 11.6 Å². The molecule has 0 saturated carbocycles. The van der Waals surface area contributed by atoms with Gasteiger partial charge in [-0.2, -0.15) is 5.10 Å². The number of hydrogen-bond acceptors (Lipinski definition) is 5. The molecule has 0 fully saturated rings. The van der Waals surface area contributed by atoms with Crippen molar-refractivity contribution in [3.63, 3.8) is 0 Å². The largest absolute Gasteiger partial charge is 0.369 e. The fraction of sp³-hybridized carbons (Fsp3) is 0.0556. The molecule has 0 saturated heterocycles. The molecular formula is C18H13FN6O. The maximum Gasteiger partial charge on any atom is 0.223 e. The summed E-state index contributed by atoms with van der Waals surface area (Å²) >= 11 is 0. The van der Waals surface area contributed by atoms with Crippen LogP contribution in [0.15, 0.2) is 55.0 Å². The third kappa shape index (κ3) is 2.88. The molecule has 0 spiro atoms. The van der Waals surface area contributed by atoms with E-state index in [0.29, 0.717) is 28.4 Å². The number of rotatable bonds is 4. The minimum absolute atomic E-state index is 0.0387. The zero-order valence-corrected chi connectivity index (χ0v) is 13.5. The number of primary amides is 1. The highest BCUT2D eigenvalue weighted by atomic mass is 19.1. The summed E-state index contributed by atoms with van der Waals surface area (Å²) < 4.78 is 14.7. The monoisotopic (exact) mass is 348 g/mol. The summed E-state index contributed by atoms with van der Waals surface area (Å²) in [6, 6.07) is 10.1. The topological polar surface area (TPSA) is 99.1 Å². The van der Waals surface area contributed by atoms with Crippen molar-refractivity contribution in [2.45, 2.75) is 6.42 Å². The van der Waals surface area contributed by atoms with E-state index in [9.17, 15) is 9.18 Å². The molecule has 0 bridgehead atoms. The van der Waals surface area contributed by atoms with Crippen molar-refractivity contribution in [3.8, 4) is 22.6 Å². The van der Waals surface area contributed by atoms with E-state index < -0.39 is 11.7 Å². The van der Waals surface area contributed by atoms with Crippen LogP contribution in [0.2, 0.25) is 0 Å². The maximum absolute atomic E-state index is 13.2. The molecule has 2 N–H and O–H groups in total. The molecule has 4 aromatic heterocycles. The Labute approximate surface area is 147 Å². The number of fused-ring (bicyclic) bond motifs is 1. The number of carbonyl (C=O) groups is 1. The molecule has 8 heteroatoms. The predicted octanol–water partition coefficient (Wildman–Crippen LogP) is 2.02. The van der Waals surface area contributed by atoms with Crippen LogP contribution < -0.4 is 5.73 Å². The zero-order valence-electron chi connectivity index (χ0n) is 13.5. The Morgan fingerprint density at radius 2 is 1.88 bits per heavy atom. The third-order valence-electron chi connectivity index (χ3n) is 3.84. The van der Waals surface area contributed by atoms with Gasteiger partial charge in [-0.3, -0.25) is 14.8 Å². The highest BCUT2D eigenvalue weighted by molar-refractivity contribution is 5.78. The standard InChI is InChI=1S/C18H13FN6O/c19-11-3-4-15(22-9-11)18-13(2-1-7-21-18)14-5-6-17-23-10-12(8-16(20)26)25(17)24-14/h1-7,9-10H,8H2,(H2,20,26). The number of hydrogen-bond donors (Lipinski definition) is 1. The van der Waals surface area contributed by atoms with E-state index in [2.05, 4.69) is 20.1 Å². The first kappa shape index (κ1) is 15.8. The van der Waals surface area contributed by atoms with Gasteiger partial charge in [-0.25, -0.2) is 13.9 Å². The summed E-state index contributed by atoms with van der Waals surface area (Å²) in [5.41, 5.74) is 8.95. The van der Waals surface area contributed by atoms with Crippen LogP contribution in [0.5, 0.6) is 0 Å². The number of carbonyl (C=O) groups excluding carboxylic acids is 1. The number of aromatic nitrogens is 5. The number of imidazole rings is 1. The molecule has 0 aliphatic carbocycles. The van der Waals surface area contributed by atoms with Gasteiger partial charge in [0.25, 0.3) is 0 Å². The van der Waals surface area contributed by atoms with Gasteiger partial charge in [0.2, 0.25) is 5.91 Å². The number of nitrogens with zero attached hydrogens (tertiary/aromatic N) is 5. The molecule has 7 nitrogen and oxygen atoms in total. The first-order valence-corrected chi connectivity index (χ1v) is 7.81. The minimum Gasteiger partial charge on any atom is -0.369 e. The van der Waals surface area contributed by atoms with Gasteiger partial charge in [0.15, 0.2) is 5.65 Å². The Balaban J connectivity index is 1.85. The van der Waals surface area contributed by atoms with Crippen LogP contribution in [0.3, 0.4) is 0 Å². The number of halogens is 1. The van der Waals surface area contributed by atoms with Crippen molar-refractivity contribution in [3.05, 3.63) is 66.5 Å². The van der Waals surface area contributed by atoms with Gasteiger partial charge in [-0.15, -0.1) is 0 Å². The van der Waals surface area contributed by atoms with Gasteiger partial charge in [0.1, 0.15) is 5.82 Å². The molecule has 0 aliphatic rings. The summed E-state index contributed by atoms with van der Waals surface area (Å²) in [4.78, 5) is 23.9. The van der Waals surface area contributed by atoms with Gasteiger partial charge in [-0.1, -0.05) is 0 Å². The van der Waals surface area contributed by atoms with Crippen LogP contribution in [-0.2, 0) is 11.2 Å². The first-order valence-electron chi connectivity index (χ1n) is 7.81. The average Bonchev–Trinajstić information content (AvgIpc) is 3.04. The molecule has 0 unspecified atom stereocenters. The van der Waals surface area contributed by atoms with Gasteiger partial charge in [0, 0.05) is 11.8 Å². The Kier molecular flexibility index (Phi) is 3.85. The second-order valence-corrected chi connectivity index (χ2v) is 5.64. The average molecular weight is 348 g/mol. The van der Waals surface area contributed by atoms with Crippen molar-refractivity contribution in [2.24, 2.45) is 5.73 Å². The smallest absolute Gasteiger partial charge is 0.223 e. The lowest BCUT2D eigenvalue weighted by atomic mass is 10.1. The molecule has 0 radical (unpaired) electrons. The quantitative estimate of drug-likeness (QED) is 0.608. The molecule has 4 aromatic rings. The molecule has 4 rings (SSSR count). The van der Waals surface area contributed by atoms with Crippen molar-refractivity contribution < 1.29 is 9.18 Å². The van der Waals surface area contributed by atoms with Gasteiger partial charge in [0.05, 0.1) is 41.6 Å². The second-order valence-electron chi connectivity index (χ2n) is 5.64. The lowest BCUT2D eigenvalue weighted by molar-refractivity contribution is -0.117. The van der Waals surface area contributed by atoms with Crippen LogP contribution in [0.4, 0.5) is 4.39 Å². The van der Waals surface area contributed by atoms with E-state index in [1.54, 1.807) is 41.2 Å². The maximum atomic E-state index is 13.2. The van der Waals surface area contributed by atoms with Crippen LogP contribution in [0.25, 0.3) is 28.3 Å². The van der Waals surface area contributed by atoms with Crippen LogP contribution in [0, 0.1) is 5.82 Å². The van der Waals surface area contributed by atoms with Gasteiger partial charge in [-0.05, 0) is 36.4 Å². The van der Waals surface area contributed by atoms with Crippen molar-refractivity contribution in [1.82, 2.24) is 24.6 Å². The summed E-state index contributed by atoms with van der Waals surface area (Å²) in [7, 11) is 0. The summed E-state index contributed by atoms with van der Waals surface area (Å²) in [5, 5.41) is 4.57. The van der Waals surface area contributed by atoms with Gasteiger partial charge >= 0.3 is 0 Å². The Hall–Kier alpha value is -3.68. The number of nitrogens with two attached hydrogens (primary N) is 1. The van der Waals surface area contributed by atoms with Crippen LogP contribution in [-0.4, -0.2) is 30.5 Å². The van der Waals surface area contributed by atoms with E-state index in [1.165, 1.54) is 6.07 Å². The van der Waals surface area contributed by atoms with Crippen molar-refractivity contribution in [2.75, 3.05) is 0 Å². The summed E-state index contributed by atoms with van der Waals surface area (Å²) in [6.45, 7) is 0. The lowest BCUT2D eigenvalue weighted by Crippen LogP contribution is -2.15. The van der Waals surface area contributed by atoms with Crippen LogP contribution in [0.1, 0.15) is 5.69 Å².